The first-order chi connectivity index (χ1) is 9.86. The van der Waals surface area contributed by atoms with E-state index in [9.17, 15) is 4.79 Å². The molecule has 0 heterocycles. The number of rotatable bonds is 5. The third-order valence-corrected chi connectivity index (χ3v) is 5.67. The van der Waals surface area contributed by atoms with E-state index in [1.807, 2.05) is 0 Å². The fraction of sp³-hybridized carbons (Fsp3) is 0.941. The van der Waals surface area contributed by atoms with E-state index < -0.39 is 0 Å². The predicted molar refractivity (Wildman–Crippen MR) is 81.4 cm³/mol. The standard InChI is InChI=1S/C17H30N2O/c20-17(16-14-9-5-6-10-15(14)16)19-12-11-18-13-7-3-1-2-4-8-13/h13-16,18H,1-12H2,(H,19,20). The Kier molecular flexibility index (Phi) is 4.98. The van der Waals surface area contributed by atoms with Crippen molar-refractivity contribution >= 4 is 5.91 Å². The Bertz CT molecular complexity index is 311. The van der Waals surface area contributed by atoms with Gasteiger partial charge in [0.05, 0.1) is 0 Å². The first-order valence-electron chi connectivity index (χ1n) is 8.87. The molecule has 20 heavy (non-hydrogen) atoms. The van der Waals surface area contributed by atoms with Crippen LogP contribution in [-0.2, 0) is 4.79 Å². The van der Waals surface area contributed by atoms with Crippen LogP contribution < -0.4 is 10.6 Å². The number of nitrogens with one attached hydrogen (secondary N) is 2. The van der Waals surface area contributed by atoms with Crippen LogP contribution in [0, 0.1) is 17.8 Å². The van der Waals surface area contributed by atoms with E-state index in [-0.39, 0.29) is 0 Å². The smallest absolute Gasteiger partial charge is 0.223 e. The van der Waals surface area contributed by atoms with E-state index in [4.69, 9.17) is 0 Å². The molecule has 0 aromatic carbocycles. The average molecular weight is 278 g/mol. The summed E-state index contributed by atoms with van der Waals surface area (Å²) >= 11 is 0. The Morgan fingerprint density at radius 3 is 2.05 bits per heavy atom. The number of carbonyl (C=O) groups is 1. The van der Waals surface area contributed by atoms with Gasteiger partial charge in [0.1, 0.15) is 0 Å². The lowest BCUT2D eigenvalue weighted by Gasteiger charge is -2.16. The molecule has 114 valence electrons. The van der Waals surface area contributed by atoms with Crippen molar-refractivity contribution in [1.82, 2.24) is 10.6 Å². The highest BCUT2D eigenvalue weighted by Crippen LogP contribution is 2.55. The van der Waals surface area contributed by atoms with E-state index in [1.54, 1.807) is 0 Å². The van der Waals surface area contributed by atoms with Crippen LogP contribution in [0.15, 0.2) is 0 Å². The second kappa shape index (κ2) is 6.93. The molecule has 3 rings (SSSR count). The summed E-state index contributed by atoms with van der Waals surface area (Å²) in [4.78, 5) is 12.1. The van der Waals surface area contributed by atoms with Crippen LogP contribution >= 0.6 is 0 Å². The summed E-state index contributed by atoms with van der Waals surface area (Å²) in [7, 11) is 0. The van der Waals surface area contributed by atoms with Gasteiger partial charge in [0.2, 0.25) is 5.91 Å². The minimum atomic E-state index is 0.338. The van der Waals surface area contributed by atoms with Gasteiger partial charge in [-0.2, -0.15) is 0 Å². The van der Waals surface area contributed by atoms with E-state index in [0.717, 1.165) is 24.9 Å². The zero-order valence-corrected chi connectivity index (χ0v) is 12.7. The molecular formula is C17H30N2O. The number of amides is 1. The van der Waals surface area contributed by atoms with Gasteiger partial charge in [-0.05, 0) is 37.5 Å². The Balaban J connectivity index is 1.29. The van der Waals surface area contributed by atoms with Gasteiger partial charge in [-0.25, -0.2) is 0 Å². The number of hydrogen-bond donors (Lipinski definition) is 2. The van der Waals surface area contributed by atoms with Gasteiger partial charge < -0.3 is 10.6 Å². The topological polar surface area (TPSA) is 41.1 Å². The van der Waals surface area contributed by atoms with Gasteiger partial charge in [0.25, 0.3) is 0 Å². The van der Waals surface area contributed by atoms with Gasteiger partial charge in [0.15, 0.2) is 0 Å². The van der Waals surface area contributed by atoms with Crippen molar-refractivity contribution in [2.24, 2.45) is 17.8 Å². The lowest BCUT2D eigenvalue weighted by atomic mass is 10.0. The second-order valence-corrected chi connectivity index (χ2v) is 7.07. The molecule has 0 aromatic rings. The van der Waals surface area contributed by atoms with Crippen molar-refractivity contribution in [2.75, 3.05) is 13.1 Å². The molecule has 0 radical (unpaired) electrons. The highest BCUT2D eigenvalue weighted by atomic mass is 16.2. The molecule has 3 aliphatic rings. The highest BCUT2D eigenvalue weighted by Gasteiger charge is 2.54. The Morgan fingerprint density at radius 1 is 0.800 bits per heavy atom. The van der Waals surface area contributed by atoms with Crippen molar-refractivity contribution in [2.45, 2.75) is 70.3 Å². The summed E-state index contributed by atoms with van der Waals surface area (Å²) in [6, 6.07) is 0.693. The van der Waals surface area contributed by atoms with Crippen molar-refractivity contribution in [1.29, 1.82) is 0 Å². The van der Waals surface area contributed by atoms with Gasteiger partial charge in [-0.3, -0.25) is 4.79 Å². The highest BCUT2D eigenvalue weighted by molar-refractivity contribution is 5.82. The molecule has 3 heteroatoms. The minimum Gasteiger partial charge on any atom is -0.355 e. The van der Waals surface area contributed by atoms with Crippen LogP contribution in [0.2, 0.25) is 0 Å². The first-order valence-corrected chi connectivity index (χ1v) is 8.87. The van der Waals surface area contributed by atoms with Crippen LogP contribution in [0.4, 0.5) is 0 Å². The van der Waals surface area contributed by atoms with E-state index in [2.05, 4.69) is 10.6 Å². The van der Waals surface area contributed by atoms with Crippen molar-refractivity contribution < 1.29 is 4.79 Å². The normalized spacial score (nSPS) is 34.1. The second-order valence-electron chi connectivity index (χ2n) is 7.07. The predicted octanol–water partition coefficient (Wildman–Crippen LogP) is 2.85. The third-order valence-electron chi connectivity index (χ3n) is 5.67. The van der Waals surface area contributed by atoms with Crippen LogP contribution in [0.25, 0.3) is 0 Å². The van der Waals surface area contributed by atoms with Gasteiger partial charge in [-0.15, -0.1) is 0 Å². The number of fused-ring (bicyclic) bond motifs is 1. The number of hydrogen-bond acceptors (Lipinski definition) is 2. The SMILES string of the molecule is O=C(NCCNC1CCCCCC1)C1C2CCCCC21. The molecule has 2 unspecified atom stereocenters. The zero-order chi connectivity index (χ0) is 13.8. The third kappa shape index (κ3) is 3.55. The fourth-order valence-electron chi connectivity index (χ4n) is 4.44. The number of carbonyl (C=O) groups excluding carboxylic acids is 1. The largest absolute Gasteiger partial charge is 0.355 e. The monoisotopic (exact) mass is 278 g/mol. The van der Waals surface area contributed by atoms with Crippen LogP contribution in [0.1, 0.15) is 64.2 Å². The molecule has 1 amide bonds. The lowest BCUT2D eigenvalue weighted by Crippen LogP contribution is -2.37. The quantitative estimate of drug-likeness (QED) is 0.600. The minimum absolute atomic E-state index is 0.338. The average Bonchev–Trinajstić information content (AvgIpc) is 3.23. The molecular weight excluding hydrogens is 248 g/mol. The first kappa shape index (κ1) is 14.4. The van der Waals surface area contributed by atoms with Crippen molar-refractivity contribution in [3.8, 4) is 0 Å². The molecule has 3 saturated carbocycles. The maximum atomic E-state index is 12.1. The Morgan fingerprint density at radius 2 is 1.40 bits per heavy atom. The zero-order valence-electron chi connectivity index (χ0n) is 12.7. The molecule has 3 fully saturated rings. The Labute approximate surface area is 123 Å². The molecule has 2 N–H and O–H groups in total. The summed E-state index contributed by atoms with van der Waals surface area (Å²) in [5, 5.41) is 6.78. The fourth-order valence-corrected chi connectivity index (χ4v) is 4.44. The van der Waals surface area contributed by atoms with Crippen LogP contribution in [0.3, 0.4) is 0 Å². The summed E-state index contributed by atoms with van der Waals surface area (Å²) in [5.41, 5.74) is 0. The molecule has 2 atom stereocenters. The molecule has 3 nitrogen and oxygen atoms in total. The molecule has 0 bridgehead atoms. The Hall–Kier alpha value is -0.570. The summed E-state index contributed by atoms with van der Waals surface area (Å²) in [6.07, 6.45) is 13.5. The van der Waals surface area contributed by atoms with Gasteiger partial charge in [0, 0.05) is 25.0 Å². The van der Waals surface area contributed by atoms with Gasteiger partial charge >= 0.3 is 0 Å². The maximum Gasteiger partial charge on any atom is 0.223 e. The summed E-state index contributed by atoms with van der Waals surface area (Å²) in [5.74, 6) is 2.18. The van der Waals surface area contributed by atoms with E-state index >= 15 is 0 Å². The molecule has 3 aliphatic carbocycles. The molecule has 0 aliphatic heterocycles. The van der Waals surface area contributed by atoms with Crippen LogP contribution in [0.5, 0.6) is 0 Å². The van der Waals surface area contributed by atoms with Crippen LogP contribution in [-0.4, -0.2) is 25.0 Å². The maximum absolute atomic E-state index is 12.1. The molecule has 0 spiro atoms. The van der Waals surface area contributed by atoms with Crippen molar-refractivity contribution in [3.63, 3.8) is 0 Å². The molecule has 0 aromatic heterocycles. The lowest BCUT2D eigenvalue weighted by molar-refractivity contribution is -0.122. The van der Waals surface area contributed by atoms with E-state index in [1.165, 1.54) is 64.2 Å². The summed E-state index contributed by atoms with van der Waals surface area (Å²) in [6.45, 7) is 1.75. The summed E-state index contributed by atoms with van der Waals surface area (Å²) < 4.78 is 0. The molecule has 0 saturated heterocycles. The van der Waals surface area contributed by atoms with Crippen molar-refractivity contribution in [3.05, 3.63) is 0 Å². The van der Waals surface area contributed by atoms with E-state index in [0.29, 0.717) is 17.9 Å². The van der Waals surface area contributed by atoms with Gasteiger partial charge in [-0.1, -0.05) is 38.5 Å².